The predicted molar refractivity (Wildman–Crippen MR) is 94.8 cm³/mol. The maximum atomic E-state index is 12.5. The summed E-state index contributed by atoms with van der Waals surface area (Å²) >= 11 is 6.45. The van der Waals surface area contributed by atoms with Gasteiger partial charge in [-0.1, -0.05) is 25.4 Å². The van der Waals surface area contributed by atoms with Crippen molar-refractivity contribution in [2.75, 3.05) is 7.11 Å². The molecule has 0 fully saturated rings. The minimum absolute atomic E-state index is 0.0730. The lowest BCUT2D eigenvalue weighted by Gasteiger charge is -2.17. The van der Waals surface area contributed by atoms with E-state index in [1.54, 1.807) is 30.3 Å². The monoisotopic (exact) mass is 346 g/mol. The quantitative estimate of drug-likeness (QED) is 0.762. The summed E-state index contributed by atoms with van der Waals surface area (Å²) in [4.78, 5) is 23.8. The maximum Gasteiger partial charge on any atom is 0.327 e. The molecule has 7 heteroatoms. The molecule has 0 aliphatic heterocycles. The van der Waals surface area contributed by atoms with E-state index in [0.29, 0.717) is 21.9 Å². The Kier molecular flexibility index (Phi) is 4.57. The van der Waals surface area contributed by atoms with Gasteiger partial charge in [0, 0.05) is 29.6 Å². The minimum atomic E-state index is -0.175. The van der Waals surface area contributed by atoms with Crippen molar-refractivity contribution in [2.45, 2.75) is 32.7 Å². The largest absolute Gasteiger partial charge is 0.495 e. The first-order valence-corrected chi connectivity index (χ1v) is 8.26. The molecule has 6 nitrogen and oxygen atoms in total. The van der Waals surface area contributed by atoms with Crippen LogP contribution in [0.25, 0.3) is 22.3 Å². The molecule has 3 aromatic rings. The van der Waals surface area contributed by atoms with Gasteiger partial charge in [0.05, 0.1) is 23.8 Å². The molecule has 0 atom stereocenters. The smallest absolute Gasteiger partial charge is 0.327 e. The van der Waals surface area contributed by atoms with Crippen LogP contribution in [-0.4, -0.2) is 26.6 Å². The van der Waals surface area contributed by atoms with E-state index in [1.165, 1.54) is 0 Å². The molecular formula is C17H19ClN4O2. The number of hydrogen-bond acceptors (Lipinski definition) is 4. The number of nitrogens with one attached hydrogen (secondary N) is 1. The number of pyridine rings is 2. The van der Waals surface area contributed by atoms with Crippen LogP contribution in [0.4, 0.5) is 0 Å². The van der Waals surface area contributed by atoms with Gasteiger partial charge in [-0.05, 0) is 18.9 Å². The topological polar surface area (TPSA) is 72.8 Å². The lowest BCUT2D eigenvalue weighted by Crippen LogP contribution is -2.21. The molecular weight excluding hydrogens is 328 g/mol. The van der Waals surface area contributed by atoms with E-state index in [-0.39, 0.29) is 11.7 Å². The fraction of sp³-hybridized carbons (Fsp3) is 0.353. The number of halogens is 1. The van der Waals surface area contributed by atoms with E-state index in [2.05, 4.69) is 28.8 Å². The van der Waals surface area contributed by atoms with Crippen LogP contribution in [0.5, 0.6) is 5.75 Å². The van der Waals surface area contributed by atoms with E-state index in [0.717, 1.165) is 24.0 Å². The number of imidazole rings is 1. The molecule has 0 bridgehead atoms. The van der Waals surface area contributed by atoms with Gasteiger partial charge < -0.3 is 4.74 Å². The van der Waals surface area contributed by atoms with Crippen molar-refractivity contribution < 1.29 is 4.74 Å². The average Bonchev–Trinajstić information content (AvgIpc) is 2.92. The summed E-state index contributed by atoms with van der Waals surface area (Å²) in [6, 6.07) is 1.92. The second kappa shape index (κ2) is 6.65. The third-order valence-corrected chi connectivity index (χ3v) is 4.52. The molecule has 0 saturated heterocycles. The van der Waals surface area contributed by atoms with Crippen molar-refractivity contribution in [1.82, 2.24) is 19.5 Å². The number of hydrogen-bond donors (Lipinski definition) is 1. The van der Waals surface area contributed by atoms with Crippen molar-refractivity contribution in [3.63, 3.8) is 0 Å². The van der Waals surface area contributed by atoms with E-state index in [4.69, 9.17) is 16.3 Å². The van der Waals surface area contributed by atoms with Crippen molar-refractivity contribution in [1.29, 1.82) is 0 Å². The number of fused-ring (bicyclic) bond motifs is 1. The third-order valence-electron chi connectivity index (χ3n) is 4.24. The fourth-order valence-electron chi connectivity index (χ4n) is 3.01. The molecule has 0 aromatic carbocycles. The van der Waals surface area contributed by atoms with E-state index >= 15 is 0 Å². The van der Waals surface area contributed by atoms with Crippen LogP contribution in [0.15, 0.2) is 29.5 Å². The summed E-state index contributed by atoms with van der Waals surface area (Å²) in [5.41, 5.74) is 2.57. The highest BCUT2D eigenvalue weighted by Crippen LogP contribution is 2.35. The molecule has 0 saturated carbocycles. The Balaban J connectivity index is 2.38. The van der Waals surface area contributed by atoms with Gasteiger partial charge in [0.1, 0.15) is 5.75 Å². The maximum absolute atomic E-state index is 12.5. The van der Waals surface area contributed by atoms with Crippen molar-refractivity contribution in [3.05, 3.63) is 40.2 Å². The average molecular weight is 347 g/mol. The van der Waals surface area contributed by atoms with Crippen LogP contribution < -0.4 is 10.4 Å². The Morgan fingerprint density at radius 1 is 1.29 bits per heavy atom. The van der Waals surface area contributed by atoms with Crippen LogP contribution in [0, 0.1) is 0 Å². The molecule has 3 rings (SSSR count). The van der Waals surface area contributed by atoms with Crippen LogP contribution >= 0.6 is 11.6 Å². The second-order valence-electron chi connectivity index (χ2n) is 5.56. The number of ether oxygens (including phenoxy) is 1. The Bertz CT molecular complexity index is 928. The summed E-state index contributed by atoms with van der Waals surface area (Å²) in [5.74, 6) is 0.625. The lowest BCUT2D eigenvalue weighted by molar-refractivity contribution is 0.413. The van der Waals surface area contributed by atoms with Gasteiger partial charge in [-0.2, -0.15) is 0 Å². The third kappa shape index (κ3) is 2.67. The van der Waals surface area contributed by atoms with Crippen LogP contribution in [0.1, 0.15) is 32.7 Å². The lowest BCUT2D eigenvalue weighted by atomic mass is 10.1. The summed E-state index contributed by atoms with van der Waals surface area (Å²) in [7, 11) is 1.58. The Morgan fingerprint density at radius 3 is 2.71 bits per heavy atom. The summed E-state index contributed by atoms with van der Waals surface area (Å²) in [6.07, 6.45) is 6.56. The first-order valence-electron chi connectivity index (χ1n) is 7.88. The van der Waals surface area contributed by atoms with E-state index < -0.39 is 0 Å². The van der Waals surface area contributed by atoms with Crippen LogP contribution in [-0.2, 0) is 0 Å². The van der Waals surface area contributed by atoms with Gasteiger partial charge in [0.2, 0.25) is 0 Å². The number of aromatic amines is 1. The molecule has 0 amide bonds. The molecule has 126 valence electrons. The van der Waals surface area contributed by atoms with Gasteiger partial charge >= 0.3 is 5.69 Å². The van der Waals surface area contributed by atoms with Gasteiger partial charge in [-0.15, -0.1) is 0 Å². The Morgan fingerprint density at radius 2 is 2.04 bits per heavy atom. The molecule has 0 radical (unpaired) electrons. The zero-order chi connectivity index (χ0) is 17.3. The van der Waals surface area contributed by atoms with Crippen molar-refractivity contribution in [2.24, 2.45) is 0 Å². The van der Waals surface area contributed by atoms with Gasteiger partial charge in [0.15, 0.2) is 5.65 Å². The van der Waals surface area contributed by atoms with Gasteiger partial charge in [0.25, 0.3) is 0 Å². The zero-order valence-electron chi connectivity index (χ0n) is 13.8. The van der Waals surface area contributed by atoms with E-state index in [9.17, 15) is 4.79 Å². The molecule has 0 unspecified atom stereocenters. The SMILES string of the molecule is CCC(CC)n1c(=O)[nH]c2ncc(Cl)c(-c3cncc(OC)c3)c21. The van der Waals surface area contributed by atoms with Gasteiger partial charge in [-0.3, -0.25) is 14.5 Å². The summed E-state index contributed by atoms with van der Waals surface area (Å²) < 4.78 is 7.01. The van der Waals surface area contributed by atoms with Crippen LogP contribution in [0.2, 0.25) is 5.02 Å². The molecule has 0 spiro atoms. The molecule has 24 heavy (non-hydrogen) atoms. The highest BCUT2D eigenvalue weighted by Gasteiger charge is 2.21. The normalized spacial score (nSPS) is 11.4. The highest BCUT2D eigenvalue weighted by molar-refractivity contribution is 6.34. The number of aromatic nitrogens is 4. The Hall–Kier alpha value is -2.34. The number of H-pyrrole nitrogens is 1. The number of nitrogens with zero attached hydrogens (tertiary/aromatic N) is 3. The standard InChI is InChI=1S/C17H19ClN4O2/c1-4-11(5-2)22-15-14(10-6-12(24-3)8-19-7-10)13(18)9-20-16(15)21-17(22)23/h6-9,11H,4-5H2,1-3H3,(H,20,21,23). The first-order chi connectivity index (χ1) is 11.6. The van der Waals surface area contributed by atoms with E-state index in [1.807, 2.05) is 6.07 Å². The van der Waals surface area contributed by atoms with Crippen molar-refractivity contribution >= 4 is 22.8 Å². The van der Waals surface area contributed by atoms with Gasteiger partial charge in [-0.25, -0.2) is 9.78 Å². The molecule has 0 aliphatic carbocycles. The fourth-order valence-corrected chi connectivity index (χ4v) is 3.26. The van der Waals surface area contributed by atoms with Crippen molar-refractivity contribution in [3.8, 4) is 16.9 Å². The minimum Gasteiger partial charge on any atom is -0.495 e. The summed E-state index contributed by atoms with van der Waals surface area (Å²) in [6.45, 7) is 4.12. The first kappa shape index (κ1) is 16.5. The zero-order valence-corrected chi connectivity index (χ0v) is 14.6. The molecule has 1 N–H and O–H groups in total. The number of rotatable bonds is 5. The molecule has 3 aromatic heterocycles. The Labute approximate surface area is 144 Å². The molecule has 3 heterocycles. The second-order valence-corrected chi connectivity index (χ2v) is 5.97. The summed E-state index contributed by atoms with van der Waals surface area (Å²) in [5, 5.41) is 0.469. The highest BCUT2D eigenvalue weighted by atomic mass is 35.5. The van der Waals surface area contributed by atoms with Crippen LogP contribution in [0.3, 0.4) is 0 Å². The predicted octanol–water partition coefficient (Wildman–Crippen LogP) is 3.81. The number of methoxy groups -OCH3 is 1. The molecule has 0 aliphatic rings.